The largest absolute Gasteiger partial charge is 2.00 e. The number of benzene rings is 2. The fourth-order valence-electron chi connectivity index (χ4n) is 2.15. The van der Waals surface area contributed by atoms with Crippen molar-refractivity contribution in [2.75, 3.05) is 26.2 Å². The summed E-state index contributed by atoms with van der Waals surface area (Å²) in [5, 5.41) is 0. The average Bonchev–Trinajstić information content (AvgIpc) is 2.66. The van der Waals surface area contributed by atoms with Gasteiger partial charge in [-0.15, -0.1) is 0 Å². The first-order valence-electron chi connectivity index (χ1n) is 9.51. The van der Waals surface area contributed by atoms with E-state index in [9.17, 15) is 25.9 Å². The predicted octanol–water partition coefficient (Wildman–Crippen LogP) is 0.220. The Balaban J connectivity index is -0.000000405. The molecule has 0 aliphatic rings. The summed E-state index contributed by atoms with van der Waals surface area (Å²) < 4.78 is 63.5. The van der Waals surface area contributed by atoms with Gasteiger partial charge in [0.05, 0.1) is 9.79 Å². The van der Waals surface area contributed by atoms with Gasteiger partial charge in [0.2, 0.25) is 0 Å². The predicted molar refractivity (Wildman–Crippen MR) is 124 cm³/mol. The van der Waals surface area contributed by atoms with E-state index in [2.05, 4.69) is 0 Å². The van der Waals surface area contributed by atoms with Gasteiger partial charge in [-0.3, -0.25) is 0 Å². The van der Waals surface area contributed by atoms with Crippen LogP contribution in [-0.4, -0.2) is 52.1 Å². The van der Waals surface area contributed by atoms with Gasteiger partial charge in [0, 0.05) is 26.2 Å². The molecule has 10 nitrogen and oxygen atoms in total. The van der Waals surface area contributed by atoms with Gasteiger partial charge in [-0.1, -0.05) is 12.1 Å². The Morgan fingerprint density at radius 3 is 0.848 bits per heavy atom. The summed E-state index contributed by atoms with van der Waals surface area (Å²) in [7, 11) is -8.60. The molecule has 13 heteroatoms. The van der Waals surface area contributed by atoms with E-state index < -0.39 is 20.2 Å². The van der Waals surface area contributed by atoms with Crippen LogP contribution in [0.15, 0.2) is 46.2 Å². The van der Waals surface area contributed by atoms with Crippen molar-refractivity contribution in [3.63, 3.8) is 0 Å². The standard InChI is InChI=1S/2C8H10O3S.2C2H8N2.Ni/c2*1-6-3-7(2)5-8(4-6)12(9,10)11;2*3-1-2-4;/h2*3-5H,1-2H3,(H,9,10,11);2*1-4H2;/q;;;;+2/p-2. The molecule has 33 heavy (non-hydrogen) atoms. The molecule has 2 aromatic rings. The molecule has 0 unspecified atom stereocenters. The molecule has 0 aliphatic heterocycles. The quantitative estimate of drug-likeness (QED) is 0.300. The van der Waals surface area contributed by atoms with E-state index in [0.717, 1.165) is 22.3 Å². The molecule has 8 N–H and O–H groups in total. The van der Waals surface area contributed by atoms with Crippen LogP contribution < -0.4 is 22.9 Å². The minimum absolute atomic E-state index is 0. The van der Waals surface area contributed by atoms with E-state index in [1.165, 1.54) is 24.3 Å². The summed E-state index contributed by atoms with van der Waals surface area (Å²) in [6.07, 6.45) is 0. The number of rotatable bonds is 4. The van der Waals surface area contributed by atoms with Crippen LogP contribution in [-0.2, 0) is 36.7 Å². The zero-order valence-electron chi connectivity index (χ0n) is 19.2. The van der Waals surface area contributed by atoms with Crippen LogP contribution in [0.5, 0.6) is 0 Å². The van der Waals surface area contributed by atoms with Gasteiger partial charge < -0.3 is 32.0 Å². The molecule has 0 amide bonds. The van der Waals surface area contributed by atoms with Crippen molar-refractivity contribution in [2.24, 2.45) is 22.9 Å². The summed E-state index contributed by atoms with van der Waals surface area (Å²) in [6, 6.07) is 9.11. The third-order valence-electron chi connectivity index (χ3n) is 3.30. The summed E-state index contributed by atoms with van der Waals surface area (Å²) in [5.41, 5.74) is 22.7. The summed E-state index contributed by atoms with van der Waals surface area (Å²) in [5.74, 6) is 0. The van der Waals surface area contributed by atoms with E-state index in [4.69, 9.17) is 22.9 Å². The van der Waals surface area contributed by atoms with Crippen LogP contribution in [0.3, 0.4) is 0 Å². The molecular weight excluding hydrogens is 515 g/mol. The van der Waals surface area contributed by atoms with E-state index in [1.807, 2.05) is 12.1 Å². The summed E-state index contributed by atoms with van der Waals surface area (Å²) in [6.45, 7) is 9.40. The van der Waals surface area contributed by atoms with Gasteiger partial charge in [-0.2, -0.15) is 0 Å². The molecule has 0 aromatic heterocycles. The minimum atomic E-state index is -4.30. The van der Waals surface area contributed by atoms with Gasteiger partial charge >= 0.3 is 16.5 Å². The third kappa shape index (κ3) is 18.7. The maximum Gasteiger partial charge on any atom is 2.00 e. The van der Waals surface area contributed by atoms with Crippen molar-refractivity contribution in [1.82, 2.24) is 0 Å². The number of hydrogen-bond acceptors (Lipinski definition) is 10. The number of aryl methyl sites for hydroxylation is 4. The fraction of sp³-hybridized carbons (Fsp3) is 0.400. The molecule has 0 fully saturated rings. The van der Waals surface area contributed by atoms with E-state index >= 15 is 0 Å². The molecule has 192 valence electrons. The van der Waals surface area contributed by atoms with Crippen LogP contribution in [0, 0.1) is 27.7 Å². The van der Waals surface area contributed by atoms with Crippen LogP contribution in [0.4, 0.5) is 0 Å². The Labute approximate surface area is 207 Å². The second kappa shape index (κ2) is 18.0. The maximum atomic E-state index is 10.6. The van der Waals surface area contributed by atoms with Crippen molar-refractivity contribution in [2.45, 2.75) is 37.5 Å². The maximum absolute atomic E-state index is 10.6. The summed E-state index contributed by atoms with van der Waals surface area (Å²) in [4.78, 5) is -0.306. The van der Waals surface area contributed by atoms with E-state index in [-0.39, 0.29) is 26.3 Å². The average molecular weight is 549 g/mol. The monoisotopic (exact) mass is 548 g/mol. The second-order valence-corrected chi connectivity index (χ2v) is 9.47. The first-order valence-corrected chi connectivity index (χ1v) is 12.3. The topological polar surface area (TPSA) is 218 Å². The normalized spacial score (nSPS) is 10.2. The third-order valence-corrected chi connectivity index (χ3v) is 4.93. The van der Waals surface area contributed by atoms with Crippen LogP contribution in [0.2, 0.25) is 0 Å². The van der Waals surface area contributed by atoms with Gasteiger partial charge in [-0.25, -0.2) is 16.8 Å². The van der Waals surface area contributed by atoms with Crippen molar-refractivity contribution in [3.8, 4) is 0 Å². The molecule has 2 aromatic carbocycles. The van der Waals surface area contributed by atoms with Crippen molar-refractivity contribution >= 4 is 20.2 Å². The SMILES string of the molecule is Cc1cc(C)cc(S(=O)(=O)[O-])c1.Cc1cc(C)cc(S(=O)(=O)[O-])c1.NCCN.NCCN.[Ni+2]. The van der Waals surface area contributed by atoms with E-state index in [1.54, 1.807) is 27.7 Å². The van der Waals surface area contributed by atoms with Crippen molar-refractivity contribution < 1.29 is 42.4 Å². The Kier molecular flexibility index (Phi) is 19.7. The smallest absolute Gasteiger partial charge is 0.744 e. The molecule has 0 saturated heterocycles. The van der Waals surface area contributed by atoms with Gasteiger partial charge in [0.15, 0.2) is 0 Å². The van der Waals surface area contributed by atoms with Gasteiger partial charge in [0.25, 0.3) is 0 Å². The number of hydrogen-bond donors (Lipinski definition) is 4. The molecule has 2 rings (SSSR count). The Hall–Kier alpha value is -1.41. The number of nitrogens with two attached hydrogens (primary N) is 4. The summed E-state index contributed by atoms with van der Waals surface area (Å²) >= 11 is 0. The molecule has 0 aliphatic carbocycles. The zero-order valence-corrected chi connectivity index (χ0v) is 21.8. The molecule has 0 atom stereocenters. The minimum Gasteiger partial charge on any atom is -0.744 e. The fourth-order valence-corrected chi connectivity index (χ4v) is 3.48. The van der Waals surface area contributed by atoms with Crippen LogP contribution in [0.1, 0.15) is 22.3 Å². The first kappa shape index (κ1) is 36.2. The van der Waals surface area contributed by atoms with Gasteiger partial charge in [-0.05, 0) is 74.2 Å². The van der Waals surface area contributed by atoms with Crippen molar-refractivity contribution in [1.29, 1.82) is 0 Å². The van der Waals surface area contributed by atoms with Crippen LogP contribution in [0.25, 0.3) is 0 Å². The molecule has 0 spiro atoms. The molecule has 0 radical (unpaired) electrons. The molecular formula is C20H34N4NiO6S2. The molecule has 0 heterocycles. The van der Waals surface area contributed by atoms with E-state index in [0.29, 0.717) is 26.2 Å². The Bertz CT molecular complexity index is 905. The van der Waals surface area contributed by atoms with Crippen LogP contribution >= 0.6 is 0 Å². The second-order valence-electron chi connectivity index (χ2n) is 6.71. The zero-order chi connectivity index (χ0) is 25.5. The Morgan fingerprint density at radius 2 is 0.727 bits per heavy atom. The Morgan fingerprint density at radius 1 is 0.545 bits per heavy atom. The molecule has 0 bridgehead atoms. The van der Waals surface area contributed by atoms with Crippen molar-refractivity contribution in [3.05, 3.63) is 58.7 Å². The molecule has 0 saturated carbocycles. The first-order chi connectivity index (χ1) is 14.6. The van der Waals surface area contributed by atoms with Gasteiger partial charge in [0.1, 0.15) is 20.2 Å².